The van der Waals surface area contributed by atoms with Crippen molar-refractivity contribution in [1.82, 2.24) is 9.97 Å². The molecular weight excluding hydrogens is 270 g/mol. The van der Waals surface area contributed by atoms with Gasteiger partial charge in [0.1, 0.15) is 0 Å². The van der Waals surface area contributed by atoms with Gasteiger partial charge in [0.2, 0.25) is 0 Å². The Kier molecular flexibility index (Phi) is 2.31. The topological polar surface area (TPSA) is 25.8 Å². The van der Waals surface area contributed by atoms with E-state index in [4.69, 9.17) is 0 Å². The van der Waals surface area contributed by atoms with Crippen LogP contribution in [0.2, 0.25) is 0 Å². The van der Waals surface area contributed by atoms with Crippen LogP contribution in [0.25, 0.3) is 20.0 Å². The molecule has 0 saturated carbocycles. The van der Waals surface area contributed by atoms with Gasteiger partial charge in [-0.3, -0.25) is 0 Å². The SMILES string of the molecule is Fc1ccc2[se]c(-c3ccccn3)nc2c1. The number of pyridine rings is 1. The summed E-state index contributed by atoms with van der Waals surface area (Å²) in [4.78, 5) is 8.68. The van der Waals surface area contributed by atoms with Gasteiger partial charge in [-0.2, -0.15) is 0 Å². The normalized spacial score (nSPS) is 10.8. The number of halogens is 1. The summed E-state index contributed by atoms with van der Waals surface area (Å²) in [6, 6.07) is 10.5. The minimum atomic E-state index is -0.236. The van der Waals surface area contributed by atoms with Crippen molar-refractivity contribution in [2.75, 3.05) is 0 Å². The third-order valence-electron chi connectivity index (χ3n) is 2.23. The van der Waals surface area contributed by atoms with Gasteiger partial charge in [-0.1, -0.05) is 0 Å². The average Bonchev–Trinajstić information content (AvgIpc) is 2.73. The van der Waals surface area contributed by atoms with Gasteiger partial charge in [-0.15, -0.1) is 0 Å². The Hall–Kier alpha value is -1.51. The van der Waals surface area contributed by atoms with E-state index >= 15 is 0 Å². The van der Waals surface area contributed by atoms with Gasteiger partial charge in [0, 0.05) is 0 Å². The van der Waals surface area contributed by atoms with Crippen LogP contribution in [0.15, 0.2) is 42.6 Å². The van der Waals surface area contributed by atoms with E-state index in [0.29, 0.717) is 0 Å². The second-order valence-corrected chi connectivity index (χ2v) is 5.51. The summed E-state index contributed by atoms with van der Waals surface area (Å²) >= 11 is 0.136. The zero-order valence-electron chi connectivity index (χ0n) is 8.22. The summed E-state index contributed by atoms with van der Waals surface area (Å²) in [5.41, 5.74) is 1.64. The summed E-state index contributed by atoms with van der Waals surface area (Å²) in [5.74, 6) is -0.236. The predicted octanol–water partition coefficient (Wildman–Crippen LogP) is 2.49. The summed E-state index contributed by atoms with van der Waals surface area (Å²) in [5, 5.41) is 0. The van der Waals surface area contributed by atoms with E-state index in [1.807, 2.05) is 24.3 Å². The minimum absolute atomic E-state index is 0.136. The van der Waals surface area contributed by atoms with Crippen molar-refractivity contribution < 1.29 is 4.39 Å². The maximum atomic E-state index is 13.0. The van der Waals surface area contributed by atoms with E-state index in [1.54, 1.807) is 6.20 Å². The Morgan fingerprint density at radius 2 is 2.06 bits per heavy atom. The Morgan fingerprint density at radius 1 is 1.12 bits per heavy atom. The molecule has 0 amide bonds. The second-order valence-electron chi connectivity index (χ2n) is 3.35. The fourth-order valence-electron chi connectivity index (χ4n) is 1.50. The molecule has 0 saturated heterocycles. The second kappa shape index (κ2) is 3.81. The Balaban J connectivity index is 2.19. The molecule has 0 fully saturated rings. The van der Waals surface area contributed by atoms with Crippen LogP contribution >= 0.6 is 0 Å². The quantitative estimate of drug-likeness (QED) is 0.639. The van der Waals surface area contributed by atoms with Gasteiger partial charge in [-0.25, -0.2) is 0 Å². The first-order valence-corrected chi connectivity index (χ1v) is 6.52. The number of aromatic nitrogens is 2. The van der Waals surface area contributed by atoms with E-state index in [1.165, 1.54) is 12.1 Å². The molecule has 2 nitrogen and oxygen atoms in total. The standard InChI is InChI=1S/C12H7FN2Se/c13-8-4-5-11-10(7-8)15-12(16-11)9-3-1-2-6-14-9/h1-7H. The van der Waals surface area contributed by atoms with Crippen LogP contribution in [0.5, 0.6) is 0 Å². The molecule has 0 aliphatic heterocycles. The van der Waals surface area contributed by atoms with Crippen molar-refractivity contribution in [3.8, 4) is 10.3 Å². The van der Waals surface area contributed by atoms with E-state index < -0.39 is 0 Å². The van der Waals surface area contributed by atoms with Crippen LogP contribution in [-0.4, -0.2) is 24.5 Å². The van der Waals surface area contributed by atoms with Gasteiger partial charge in [0.05, 0.1) is 0 Å². The number of hydrogen-bond donors (Lipinski definition) is 0. The van der Waals surface area contributed by atoms with Crippen LogP contribution in [-0.2, 0) is 0 Å². The zero-order valence-corrected chi connectivity index (χ0v) is 9.94. The van der Waals surface area contributed by atoms with E-state index in [-0.39, 0.29) is 20.3 Å². The number of fused-ring (bicyclic) bond motifs is 1. The molecular formula is C12H7FN2Se. The molecule has 0 N–H and O–H groups in total. The van der Waals surface area contributed by atoms with Crippen molar-refractivity contribution in [1.29, 1.82) is 0 Å². The van der Waals surface area contributed by atoms with Crippen LogP contribution < -0.4 is 0 Å². The summed E-state index contributed by atoms with van der Waals surface area (Å²) in [6.45, 7) is 0. The van der Waals surface area contributed by atoms with Crippen LogP contribution in [0.4, 0.5) is 4.39 Å². The molecule has 0 aliphatic rings. The number of rotatable bonds is 1. The Morgan fingerprint density at radius 3 is 2.88 bits per heavy atom. The third kappa shape index (κ3) is 1.66. The van der Waals surface area contributed by atoms with Crippen LogP contribution in [0, 0.1) is 5.82 Å². The van der Waals surface area contributed by atoms with Gasteiger partial charge in [0.25, 0.3) is 0 Å². The molecule has 4 heteroatoms. The molecule has 16 heavy (non-hydrogen) atoms. The first-order chi connectivity index (χ1) is 7.83. The molecule has 2 heterocycles. The maximum absolute atomic E-state index is 13.0. The Bertz CT molecular complexity index is 634. The molecule has 1 aromatic carbocycles. The molecule has 0 unspecified atom stereocenters. The first-order valence-electron chi connectivity index (χ1n) is 4.80. The van der Waals surface area contributed by atoms with Crippen molar-refractivity contribution >= 4 is 24.3 Å². The van der Waals surface area contributed by atoms with E-state index in [0.717, 1.165) is 20.0 Å². The zero-order chi connectivity index (χ0) is 11.0. The summed E-state index contributed by atoms with van der Waals surface area (Å²) < 4.78 is 15.1. The van der Waals surface area contributed by atoms with Crippen molar-refractivity contribution in [2.24, 2.45) is 0 Å². The van der Waals surface area contributed by atoms with Crippen molar-refractivity contribution in [3.63, 3.8) is 0 Å². The monoisotopic (exact) mass is 278 g/mol. The average molecular weight is 277 g/mol. The van der Waals surface area contributed by atoms with E-state index in [2.05, 4.69) is 9.97 Å². The number of benzene rings is 1. The van der Waals surface area contributed by atoms with E-state index in [9.17, 15) is 4.39 Å². The molecule has 78 valence electrons. The fraction of sp³-hybridized carbons (Fsp3) is 0. The van der Waals surface area contributed by atoms with Gasteiger partial charge < -0.3 is 0 Å². The summed E-state index contributed by atoms with van der Waals surface area (Å²) in [6.07, 6.45) is 1.75. The molecule has 0 radical (unpaired) electrons. The Labute approximate surface area is 97.5 Å². The van der Waals surface area contributed by atoms with Crippen molar-refractivity contribution in [2.45, 2.75) is 0 Å². The molecule has 3 rings (SSSR count). The van der Waals surface area contributed by atoms with Gasteiger partial charge in [-0.05, 0) is 0 Å². The van der Waals surface area contributed by atoms with Crippen LogP contribution in [0.1, 0.15) is 0 Å². The fourth-order valence-corrected chi connectivity index (χ4v) is 3.44. The first kappa shape index (κ1) is 9.70. The van der Waals surface area contributed by atoms with Crippen LogP contribution in [0.3, 0.4) is 0 Å². The predicted molar refractivity (Wildman–Crippen MR) is 61.9 cm³/mol. The number of hydrogen-bond acceptors (Lipinski definition) is 2. The van der Waals surface area contributed by atoms with Gasteiger partial charge >= 0.3 is 97.3 Å². The molecule has 3 aromatic rings. The molecule has 2 aromatic heterocycles. The van der Waals surface area contributed by atoms with Gasteiger partial charge in [0.15, 0.2) is 0 Å². The molecule has 0 atom stereocenters. The molecule has 0 spiro atoms. The third-order valence-corrected chi connectivity index (χ3v) is 4.46. The molecule has 0 aliphatic carbocycles. The molecule has 0 bridgehead atoms. The van der Waals surface area contributed by atoms with Crippen molar-refractivity contribution in [3.05, 3.63) is 48.4 Å². The number of nitrogens with zero attached hydrogens (tertiary/aromatic N) is 2. The summed E-state index contributed by atoms with van der Waals surface area (Å²) in [7, 11) is 0.